The lowest BCUT2D eigenvalue weighted by Gasteiger charge is -2.24. The quantitative estimate of drug-likeness (QED) is 0.468. The number of anilines is 1. The van der Waals surface area contributed by atoms with Gasteiger partial charge in [-0.15, -0.1) is 22.0 Å². The highest BCUT2D eigenvalue weighted by atomic mass is 32.2. The van der Waals surface area contributed by atoms with Crippen molar-refractivity contribution >= 4 is 27.8 Å². The topological polar surface area (TPSA) is 127 Å². The van der Waals surface area contributed by atoms with Gasteiger partial charge >= 0.3 is 10.3 Å². The van der Waals surface area contributed by atoms with Gasteiger partial charge in [0, 0.05) is 4.90 Å². The molecular formula is C16H14N6O3S2. The molecular weight excluding hydrogens is 388 g/mol. The highest BCUT2D eigenvalue weighted by Crippen LogP contribution is 2.25. The van der Waals surface area contributed by atoms with E-state index in [0.29, 0.717) is 11.4 Å². The average molecular weight is 402 g/mol. The third-order valence-corrected chi connectivity index (χ3v) is 4.77. The van der Waals surface area contributed by atoms with E-state index in [4.69, 9.17) is 10.4 Å². The van der Waals surface area contributed by atoms with Gasteiger partial charge in [-0.05, 0) is 48.5 Å². The molecule has 1 aromatic heterocycles. The smallest absolute Gasteiger partial charge is 0.371 e. The zero-order chi connectivity index (χ0) is 19.3. The average Bonchev–Trinajstić information content (AvgIpc) is 3.17. The number of thioether (sulfide) groups is 1. The van der Waals surface area contributed by atoms with Crippen LogP contribution in [-0.2, 0) is 10.3 Å². The van der Waals surface area contributed by atoms with Crippen LogP contribution in [0.2, 0.25) is 0 Å². The Hall–Kier alpha value is -3.07. The zero-order valence-electron chi connectivity index (χ0n) is 13.8. The molecule has 138 valence electrons. The molecule has 0 aliphatic carbocycles. The molecule has 0 fully saturated rings. The van der Waals surface area contributed by atoms with Crippen molar-refractivity contribution in [2.24, 2.45) is 5.14 Å². The minimum absolute atomic E-state index is 0.143. The predicted octanol–water partition coefficient (Wildman–Crippen LogP) is 1.75. The van der Waals surface area contributed by atoms with E-state index in [1.54, 1.807) is 41.6 Å². The second-order valence-electron chi connectivity index (χ2n) is 5.22. The summed E-state index contributed by atoms with van der Waals surface area (Å²) in [6.07, 6.45) is 3.14. The van der Waals surface area contributed by atoms with Crippen LogP contribution in [0.4, 0.5) is 5.69 Å². The summed E-state index contributed by atoms with van der Waals surface area (Å²) in [4.78, 5) is 0.892. The van der Waals surface area contributed by atoms with Crippen molar-refractivity contribution in [3.05, 3.63) is 66.7 Å². The summed E-state index contributed by atoms with van der Waals surface area (Å²) in [5.74, 6) is 0.656. The van der Waals surface area contributed by atoms with Gasteiger partial charge in [-0.3, -0.25) is 5.01 Å². The van der Waals surface area contributed by atoms with Crippen LogP contribution >= 0.6 is 11.8 Å². The van der Waals surface area contributed by atoms with E-state index in [9.17, 15) is 8.42 Å². The van der Waals surface area contributed by atoms with Gasteiger partial charge in [0.15, 0.2) is 0 Å². The monoisotopic (exact) mass is 402 g/mol. The van der Waals surface area contributed by atoms with Crippen molar-refractivity contribution in [2.45, 2.75) is 4.90 Å². The number of hydrogen-bond acceptors (Lipinski definition) is 8. The maximum absolute atomic E-state index is 10.9. The SMILES string of the molecule is N#Cc1ccc(N(CSc2ccc(OS(N)(=O)=O)cc2)n2cnnc2)cc1. The lowest BCUT2D eigenvalue weighted by Crippen LogP contribution is -2.27. The van der Waals surface area contributed by atoms with E-state index in [1.165, 1.54) is 23.9 Å². The van der Waals surface area contributed by atoms with Crippen LogP contribution < -0.4 is 14.3 Å². The molecule has 3 aromatic rings. The molecule has 0 unspecified atom stereocenters. The Morgan fingerprint density at radius 1 is 1.11 bits per heavy atom. The Kier molecular flexibility index (Phi) is 5.60. The molecule has 0 saturated heterocycles. The standard InChI is InChI=1S/C16H14N6O3S2/c17-9-13-1-3-14(4-2-13)22(21-10-19-20-11-21)12-26-16-7-5-15(6-8-16)25-27(18,23)24/h1-8,10-11H,12H2,(H2,18,23,24). The number of aromatic nitrogens is 3. The van der Waals surface area contributed by atoms with Crippen LogP contribution in [0.5, 0.6) is 5.75 Å². The van der Waals surface area contributed by atoms with Crippen LogP contribution in [0.3, 0.4) is 0 Å². The molecule has 0 amide bonds. The summed E-state index contributed by atoms with van der Waals surface area (Å²) in [6, 6.07) is 15.7. The molecule has 3 rings (SSSR count). The van der Waals surface area contributed by atoms with E-state index in [0.717, 1.165) is 10.6 Å². The molecule has 9 nitrogen and oxygen atoms in total. The van der Waals surface area contributed by atoms with Crippen LogP contribution in [0.1, 0.15) is 5.56 Å². The molecule has 0 radical (unpaired) electrons. The number of hydrogen-bond donors (Lipinski definition) is 1. The van der Waals surface area contributed by atoms with Crippen molar-refractivity contribution in [3.8, 4) is 11.8 Å². The molecule has 11 heteroatoms. The van der Waals surface area contributed by atoms with Gasteiger partial charge in [0.1, 0.15) is 18.4 Å². The number of nitriles is 1. The summed E-state index contributed by atoms with van der Waals surface area (Å²) in [5, 5.41) is 23.4. The van der Waals surface area contributed by atoms with Crippen molar-refractivity contribution in [2.75, 3.05) is 10.9 Å². The molecule has 0 atom stereocenters. The van der Waals surface area contributed by atoms with Crippen LogP contribution in [0, 0.1) is 11.3 Å². The molecule has 2 aromatic carbocycles. The first-order valence-electron chi connectivity index (χ1n) is 7.52. The molecule has 2 N–H and O–H groups in total. The van der Waals surface area contributed by atoms with Crippen molar-refractivity contribution in [3.63, 3.8) is 0 Å². The normalized spacial score (nSPS) is 11.0. The van der Waals surface area contributed by atoms with E-state index in [1.807, 2.05) is 17.1 Å². The maximum Gasteiger partial charge on any atom is 0.380 e. The molecule has 0 saturated carbocycles. The molecule has 0 aliphatic rings. The van der Waals surface area contributed by atoms with Gasteiger partial charge < -0.3 is 4.18 Å². The van der Waals surface area contributed by atoms with Crippen LogP contribution in [-0.4, -0.2) is 29.2 Å². The van der Waals surface area contributed by atoms with Gasteiger partial charge in [0.05, 0.1) is 23.2 Å². The number of nitrogens with two attached hydrogens (primary N) is 1. The Morgan fingerprint density at radius 2 is 1.74 bits per heavy atom. The number of nitrogens with zero attached hydrogens (tertiary/aromatic N) is 5. The van der Waals surface area contributed by atoms with E-state index >= 15 is 0 Å². The molecule has 27 heavy (non-hydrogen) atoms. The fourth-order valence-electron chi connectivity index (χ4n) is 2.16. The summed E-state index contributed by atoms with van der Waals surface area (Å²) in [5.41, 5.74) is 1.43. The lowest BCUT2D eigenvalue weighted by atomic mass is 10.2. The van der Waals surface area contributed by atoms with Crippen molar-refractivity contribution < 1.29 is 12.6 Å². The van der Waals surface area contributed by atoms with Gasteiger partial charge in [-0.1, -0.05) is 0 Å². The van der Waals surface area contributed by atoms with Crippen molar-refractivity contribution in [1.82, 2.24) is 14.9 Å². The maximum atomic E-state index is 10.9. The first kappa shape index (κ1) is 18.7. The van der Waals surface area contributed by atoms with E-state index in [2.05, 4.69) is 20.4 Å². The highest BCUT2D eigenvalue weighted by molar-refractivity contribution is 7.99. The van der Waals surface area contributed by atoms with Gasteiger partial charge in [-0.25, -0.2) is 4.68 Å². The number of rotatable bonds is 7. The second-order valence-corrected chi connectivity index (χ2v) is 7.39. The lowest BCUT2D eigenvalue weighted by molar-refractivity contribution is 0.487. The molecule has 0 spiro atoms. The fourth-order valence-corrected chi connectivity index (χ4v) is 3.43. The van der Waals surface area contributed by atoms with E-state index in [-0.39, 0.29) is 5.75 Å². The minimum Gasteiger partial charge on any atom is -0.371 e. The zero-order valence-corrected chi connectivity index (χ0v) is 15.5. The largest absolute Gasteiger partial charge is 0.380 e. The summed E-state index contributed by atoms with van der Waals surface area (Å²) >= 11 is 1.51. The number of benzene rings is 2. The Bertz CT molecular complexity index is 1030. The molecule has 0 aliphatic heterocycles. The van der Waals surface area contributed by atoms with E-state index < -0.39 is 10.3 Å². The Balaban J connectivity index is 1.74. The summed E-state index contributed by atoms with van der Waals surface area (Å²) in [6.45, 7) is 0. The second kappa shape index (κ2) is 8.09. The summed E-state index contributed by atoms with van der Waals surface area (Å²) in [7, 11) is -4.04. The van der Waals surface area contributed by atoms with Gasteiger partial charge in [-0.2, -0.15) is 18.8 Å². The molecule has 0 bridgehead atoms. The minimum atomic E-state index is -4.04. The highest BCUT2D eigenvalue weighted by Gasteiger charge is 2.11. The third-order valence-electron chi connectivity index (χ3n) is 3.37. The Labute approximate surface area is 160 Å². The van der Waals surface area contributed by atoms with Crippen molar-refractivity contribution in [1.29, 1.82) is 5.26 Å². The Morgan fingerprint density at radius 3 is 2.30 bits per heavy atom. The predicted molar refractivity (Wildman–Crippen MR) is 100.0 cm³/mol. The van der Waals surface area contributed by atoms with Gasteiger partial charge in [0.25, 0.3) is 0 Å². The molecule has 1 heterocycles. The fraction of sp³-hybridized carbons (Fsp3) is 0.0625. The first-order chi connectivity index (χ1) is 12.9. The van der Waals surface area contributed by atoms with Gasteiger partial charge in [0.2, 0.25) is 0 Å². The first-order valence-corrected chi connectivity index (χ1v) is 9.98. The van der Waals surface area contributed by atoms with Crippen LogP contribution in [0.15, 0.2) is 66.1 Å². The third kappa shape index (κ3) is 5.20. The summed E-state index contributed by atoms with van der Waals surface area (Å²) < 4.78 is 28.2. The van der Waals surface area contributed by atoms with Crippen LogP contribution in [0.25, 0.3) is 0 Å².